The Morgan fingerprint density at radius 2 is 1.84 bits per heavy atom. The highest BCUT2D eigenvalue weighted by atomic mass is 31.2. The normalized spacial score (nSPS) is 14.6. The van der Waals surface area contributed by atoms with Gasteiger partial charge in [0.05, 0.1) is 6.61 Å². The predicted octanol–water partition coefficient (Wildman–Crippen LogP) is 5.11. The summed E-state index contributed by atoms with van der Waals surface area (Å²) in [7, 11) is -2.81. The van der Waals surface area contributed by atoms with E-state index in [0.717, 1.165) is 18.1 Å². The monoisotopic (exact) mass is 280 g/mol. The molecule has 1 aromatic rings. The molecule has 0 saturated heterocycles. The molecular formula is C16H25O2P. The molecule has 1 atom stereocenters. The number of unbranched alkanes of at least 4 members (excludes halogenated alkanes) is 4. The Morgan fingerprint density at radius 1 is 1.11 bits per heavy atom. The van der Waals surface area contributed by atoms with Gasteiger partial charge in [0, 0.05) is 11.1 Å². The molecule has 1 rings (SSSR count). The first kappa shape index (κ1) is 16.2. The van der Waals surface area contributed by atoms with Crippen molar-refractivity contribution in [1.82, 2.24) is 0 Å². The minimum absolute atomic E-state index is 0.465. The summed E-state index contributed by atoms with van der Waals surface area (Å²) in [5.74, 6) is 1.78. The van der Waals surface area contributed by atoms with Crippen molar-refractivity contribution in [2.24, 2.45) is 0 Å². The van der Waals surface area contributed by atoms with Crippen LogP contribution in [0.15, 0.2) is 42.2 Å². The van der Waals surface area contributed by atoms with Crippen LogP contribution in [0, 0.1) is 0 Å². The Kier molecular flexibility index (Phi) is 7.78. The second-order valence-corrected chi connectivity index (χ2v) is 6.85. The molecule has 0 aliphatic rings. The summed E-state index contributed by atoms with van der Waals surface area (Å²) in [4.78, 5) is 0. The van der Waals surface area contributed by atoms with Crippen molar-refractivity contribution in [2.75, 3.05) is 6.61 Å². The Bertz CT molecular complexity index is 412. The van der Waals surface area contributed by atoms with E-state index in [1.165, 1.54) is 19.3 Å². The molecule has 0 amide bonds. The van der Waals surface area contributed by atoms with Crippen molar-refractivity contribution < 1.29 is 9.09 Å². The molecule has 0 N–H and O–H groups in total. The van der Waals surface area contributed by atoms with Crippen LogP contribution in [0.2, 0.25) is 0 Å². The van der Waals surface area contributed by atoms with Crippen molar-refractivity contribution in [1.29, 1.82) is 0 Å². The fourth-order valence-corrected chi connectivity index (χ4v) is 3.74. The van der Waals surface area contributed by atoms with Crippen molar-refractivity contribution in [3.05, 3.63) is 42.2 Å². The standard InChI is InChI=1S/C16H25O2P/c1-3-5-6-7-8-12-15-19(17,18-4-2)16-13-10-9-11-14-16/h9-15H,3-8H2,1-2H3. The van der Waals surface area contributed by atoms with Gasteiger partial charge in [0.2, 0.25) is 0 Å². The minimum Gasteiger partial charge on any atom is -0.323 e. The molecule has 0 radical (unpaired) electrons. The summed E-state index contributed by atoms with van der Waals surface area (Å²) in [6.07, 6.45) is 7.90. The van der Waals surface area contributed by atoms with Gasteiger partial charge in [-0.1, -0.05) is 50.5 Å². The van der Waals surface area contributed by atoms with Crippen molar-refractivity contribution in [2.45, 2.75) is 46.0 Å². The Morgan fingerprint density at radius 3 is 2.47 bits per heavy atom. The lowest BCUT2D eigenvalue weighted by Crippen LogP contribution is -2.05. The number of rotatable bonds is 9. The second-order valence-electron chi connectivity index (χ2n) is 4.58. The van der Waals surface area contributed by atoms with Crippen LogP contribution in [-0.2, 0) is 9.09 Å². The van der Waals surface area contributed by atoms with Gasteiger partial charge in [-0.25, -0.2) is 0 Å². The zero-order valence-corrected chi connectivity index (χ0v) is 12.9. The third kappa shape index (κ3) is 5.76. The van der Waals surface area contributed by atoms with Crippen LogP contribution < -0.4 is 5.30 Å². The molecule has 1 unspecified atom stereocenters. The first-order valence-corrected chi connectivity index (χ1v) is 8.90. The summed E-state index contributed by atoms with van der Waals surface area (Å²) in [5.41, 5.74) is 0. The van der Waals surface area contributed by atoms with E-state index in [0.29, 0.717) is 6.61 Å². The fourth-order valence-electron chi connectivity index (χ4n) is 1.93. The molecule has 1 aromatic carbocycles. The lowest BCUT2D eigenvalue weighted by molar-refractivity contribution is 0.347. The number of allylic oxidation sites excluding steroid dienone is 1. The summed E-state index contributed by atoms with van der Waals surface area (Å²) in [5, 5.41) is 0.779. The summed E-state index contributed by atoms with van der Waals surface area (Å²) < 4.78 is 18.3. The molecule has 0 fully saturated rings. The molecule has 3 heteroatoms. The van der Waals surface area contributed by atoms with E-state index >= 15 is 0 Å². The summed E-state index contributed by atoms with van der Waals surface area (Å²) in [6.45, 7) is 4.55. The van der Waals surface area contributed by atoms with E-state index in [1.54, 1.807) is 5.82 Å². The number of hydrogen-bond acceptors (Lipinski definition) is 2. The minimum atomic E-state index is -2.81. The van der Waals surface area contributed by atoms with Gasteiger partial charge in [-0.3, -0.25) is 4.57 Å². The molecule has 0 aromatic heterocycles. The van der Waals surface area contributed by atoms with E-state index in [1.807, 2.05) is 43.3 Å². The van der Waals surface area contributed by atoms with Gasteiger partial charge in [0.1, 0.15) is 0 Å². The summed E-state index contributed by atoms with van der Waals surface area (Å²) >= 11 is 0. The first-order chi connectivity index (χ1) is 9.23. The lowest BCUT2D eigenvalue weighted by atomic mass is 10.2. The fraction of sp³-hybridized carbons (Fsp3) is 0.500. The van der Waals surface area contributed by atoms with Crippen LogP contribution in [0.3, 0.4) is 0 Å². The van der Waals surface area contributed by atoms with Crippen molar-refractivity contribution >= 4 is 12.7 Å². The molecule has 19 heavy (non-hydrogen) atoms. The number of benzene rings is 1. The average Bonchev–Trinajstić information content (AvgIpc) is 2.44. The molecule has 0 aliphatic carbocycles. The zero-order chi connectivity index (χ0) is 14.0. The van der Waals surface area contributed by atoms with Crippen LogP contribution >= 0.6 is 7.37 Å². The maximum atomic E-state index is 12.8. The predicted molar refractivity (Wildman–Crippen MR) is 83.2 cm³/mol. The van der Waals surface area contributed by atoms with Gasteiger partial charge in [0.25, 0.3) is 7.37 Å². The van der Waals surface area contributed by atoms with Gasteiger partial charge >= 0.3 is 0 Å². The van der Waals surface area contributed by atoms with Gasteiger partial charge in [-0.2, -0.15) is 0 Å². The second kappa shape index (κ2) is 9.12. The Labute approximate surface area is 117 Å². The lowest BCUT2D eigenvalue weighted by Gasteiger charge is -2.13. The zero-order valence-electron chi connectivity index (χ0n) is 12.0. The van der Waals surface area contributed by atoms with E-state index in [-0.39, 0.29) is 0 Å². The maximum Gasteiger partial charge on any atom is 0.253 e. The summed E-state index contributed by atoms with van der Waals surface area (Å²) in [6, 6.07) is 9.47. The third-order valence-electron chi connectivity index (χ3n) is 2.96. The van der Waals surface area contributed by atoms with Crippen LogP contribution in [-0.4, -0.2) is 6.61 Å². The van der Waals surface area contributed by atoms with Gasteiger partial charge in [-0.05, 0) is 31.9 Å². The molecule has 2 nitrogen and oxygen atoms in total. The Balaban J connectivity index is 2.62. The van der Waals surface area contributed by atoms with E-state index in [2.05, 4.69) is 6.92 Å². The van der Waals surface area contributed by atoms with Gasteiger partial charge < -0.3 is 4.52 Å². The molecular weight excluding hydrogens is 255 g/mol. The highest BCUT2D eigenvalue weighted by Gasteiger charge is 2.20. The first-order valence-electron chi connectivity index (χ1n) is 7.20. The van der Waals surface area contributed by atoms with E-state index in [4.69, 9.17) is 4.52 Å². The molecule has 106 valence electrons. The molecule has 0 bridgehead atoms. The van der Waals surface area contributed by atoms with E-state index in [9.17, 15) is 4.57 Å². The van der Waals surface area contributed by atoms with Gasteiger partial charge in [-0.15, -0.1) is 0 Å². The number of hydrogen-bond donors (Lipinski definition) is 0. The molecule has 0 aliphatic heterocycles. The SMILES string of the molecule is CCCCCCC=CP(=O)(OCC)c1ccccc1. The molecule has 0 heterocycles. The van der Waals surface area contributed by atoms with Crippen LogP contribution in [0.1, 0.15) is 46.0 Å². The van der Waals surface area contributed by atoms with Crippen LogP contribution in [0.5, 0.6) is 0 Å². The Hall–Kier alpha value is -0.850. The van der Waals surface area contributed by atoms with Crippen molar-refractivity contribution in [3.8, 4) is 0 Å². The highest BCUT2D eigenvalue weighted by Crippen LogP contribution is 2.47. The molecule has 0 spiro atoms. The quantitative estimate of drug-likeness (QED) is 0.464. The average molecular weight is 280 g/mol. The molecule has 0 saturated carbocycles. The maximum absolute atomic E-state index is 12.8. The third-order valence-corrected chi connectivity index (χ3v) is 5.23. The van der Waals surface area contributed by atoms with Crippen LogP contribution in [0.4, 0.5) is 0 Å². The van der Waals surface area contributed by atoms with E-state index < -0.39 is 7.37 Å². The smallest absolute Gasteiger partial charge is 0.253 e. The topological polar surface area (TPSA) is 26.3 Å². The largest absolute Gasteiger partial charge is 0.323 e. The van der Waals surface area contributed by atoms with Crippen LogP contribution in [0.25, 0.3) is 0 Å². The van der Waals surface area contributed by atoms with Crippen molar-refractivity contribution in [3.63, 3.8) is 0 Å². The van der Waals surface area contributed by atoms with Gasteiger partial charge in [0.15, 0.2) is 0 Å². The highest BCUT2D eigenvalue weighted by molar-refractivity contribution is 7.70.